The Balaban J connectivity index is 1.83. The van der Waals surface area contributed by atoms with Gasteiger partial charge in [-0.2, -0.15) is 0 Å². The molecule has 3 N–H and O–H groups in total. The Bertz CT molecular complexity index is 816. The minimum Gasteiger partial charge on any atom is -0.322 e. The summed E-state index contributed by atoms with van der Waals surface area (Å²) in [7, 11) is 1.80. The van der Waals surface area contributed by atoms with Gasteiger partial charge in [-0.25, -0.2) is 0 Å². The van der Waals surface area contributed by atoms with E-state index in [1.165, 1.54) is 6.92 Å². The Kier molecular flexibility index (Phi) is 7.25. The second-order valence-corrected chi connectivity index (χ2v) is 6.55. The molecule has 27 heavy (non-hydrogen) atoms. The summed E-state index contributed by atoms with van der Waals surface area (Å²) in [5.41, 5.74) is 3.11. The second-order valence-electron chi connectivity index (χ2n) is 6.55. The van der Waals surface area contributed by atoms with Gasteiger partial charge >= 0.3 is 0 Å². The van der Waals surface area contributed by atoms with Crippen LogP contribution >= 0.6 is 0 Å². The SMILES string of the molecule is CCc1ccccc1NC(=O)C[NH+](C)CC(=O)Nc1ccc(C(C)=O)cc1. The standard InChI is InChI=1S/C21H25N3O3/c1-4-16-7-5-6-8-19(16)23-21(27)14-24(3)13-20(26)22-18-11-9-17(10-12-18)15(2)25/h5-12H,4,13-14H2,1-3H3,(H,22,26)(H,23,27)/p+1. The van der Waals surface area contributed by atoms with Gasteiger partial charge < -0.3 is 15.5 Å². The number of benzene rings is 2. The molecule has 1 atom stereocenters. The van der Waals surface area contributed by atoms with E-state index in [4.69, 9.17) is 0 Å². The molecule has 6 nitrogen and oxygen atoms in total. The number of para-hydroxylation sites is 1. The maximum absolute atomic E-state index is 12.2. The molecule has 0 saturated carbocycles. The van der Waals surface area contributed by atoms with E-state index in [-0.39, 0.29) is 30.7 Å². The van der Waals surface area contributed by atoms with E-state index < -0.39 is 0 Å². The molecule has 0 spiro atoms. The lowest BCUT2D eigenvalue weighted by atomic mass is 10.1. The molecule has 142 valence electrons. The summed E-state index contributed by atoms with van der Waals surface area (Å²) in [6, 6.07) is 14.4. The van der Waals surface area contributed by atoms with E-state index in [1.807, 2.05) is 31.2 Å². The van der Waals surface area contributed by atoms with Gasteiger partial charge in [-0.3, -0.25) is 14.4 Å². The number of carbonyl (C=O) groups excluding carboxylic acids is 3. The number of hydrogen-bond donors (Lipinski definition) is 3. The van der Waals surface area contributed by atoms with Crippen molar-refractivity contribution in [3.05, 3.63) is 59.7 Å². The van der Waals surface area contributed by atoms with Crippen LogP contribution in [0.5, 0.6) is 0 Å². The molecule has 0 bridgehead atoms. The lowest BCUT2D eigenvalue weighted by Gasteiger charge is -2.15. The normalized spacial score (nSPS) is 11.5. The summed E-state index contributed by atoms with van der Waals surface area (Å²) >= 11 is 0. The Morgan fingerprint density at radius 1 is 0.889 bits per heavy atom. The predicted octanol–water partition coefficient (Wildman–Crippen LogP) is 1.54. The van der Waals surface area contributed by atoms with Gasteiger partial charge in [-0.15, -0.1) is 0 Å². The van der Waals surface area contributed by atoms with Crippen LogP contribution in [0.25, 0.3) is 0 Å². The number of hydrogen-bond acceptors (Lipinski definition) is 3. The van der Waals surface area contributed by atoms with Crippen LogP contribution < -0.4 is 15.5 Å². The molecule has 1 unspecified atom stereocenters. The number of Topliss-reactive ketones (excluding diaryl/α,β-unsaturated/α-hetero) is 1. The predicted molar refractivity (Wildman–Crippen MR) is 106 cm³/mol. The molecule has 0 aromatic heterocycles. The number of quaternary nitrogens is 1. The molecule has 0 fully saturated rings. The van der Waals surface area contributed by atoms with Crippen LogP contribution in [0.1, 0.15) is 29.8 Å². The maximum atomic E-state index is 12.2. The summed E-state index contributed by atoms with van der Waals surface area (Å²) in [5.74, 6) is -0.343. The van der Waals surface area contributed by atoms with Gasteiger partial charge in [0.25, 0.3) is 11.8 Å². The number of carbonyl (C=O) groups is 3. The van der Waals surface area contributed by atoms with Crippen LogP contribution in [0, 0.1) is 0 Å². The number of nitrogens with one attached hydrogen (secondary N) is 3. The average molecular weight is 368 g/mol. The van der Waals surface area contributed by atoms with E-state index in [2.05, 4.69) is 10.6 Å². The maximum Gasteiger partial charge on any atom is 0.279 e. The van der Waals surface area contributed by atoms with Crippen molar-refractivity contribution in [2.75, 3.05) is 30.8 Å². The summed E-state index contributed by atoms with van der Waals surface area (Å²) < 4.78 is 0. The smallest absolute Gasteiger partial charge is 0.279 e. The van der Waals surface area contributed by atoms with Crippen LogP contribution in [-0.2, 0) is 16.0 Å². The van der Waals surface area contributed by atoms with E-state index in [0.717, 1.165) is 22.6 Å². The number of rotatable bonds is 8. The Morgan fingerprint density at radius 2 is 1.48 bits per heavy atom. The van der Waals surface area contributed by atoms with E-state index >= 15 is 0 Å². The minimum atomic E-state index is -0.190. The van der Waals surface area contributed by atoms with E-state index in [1.54, 1.807) is 31.3 Å². The monoisotopic (exact) mass is 368 g/mol. The van der Waals surface area contributed by atoms with Gasteiger partial charge in [-0.05, 0) is 49.2 Å². The van der Waals surface area contributed by atoms with Crippen LogP contribution in [0.3, 0.4) is 0 Å². The van der Waals surface area contributed by atoms with Crippen molar-refractivity contribution in [3.63, 3.8) is 0 Å². The zero-order chi connectivity index (χ0) is 19.8. The topological polar surface area (TPSA) is 79.7 Å². The fraction of sp³-hybridized carbons (Fsp3) is 0.286. The fourth-order valence-corrected chi connectivity index (χ4v) is 2.75. The third kappa shape index (κ3) is 6.34. The van der Waals surface area contributed by atoms with Crippen LogP contribution in [0.15, 0.2) is 48.5 Å². The van der Waals surface area contributed by atoms with Crippen LogP contribution in [0.4, 0.5) is 11.4 Å². The highest BCUT2D eigenvalue weighted by Gasteiger charge is 2.15. The Hall–Kier alpha value is -2.99. The number of ketones is 1. The Labute approximate surface area is 159 Å². The molecule has 0 saturated heterocycles. The lowest BCUT2D eigenvalue weighted by molar-refractivity contribution is -0.862. The Morgan fingerprint density at radius 3 is 2.07 bits per heavy atom. The van der Waals surface area contributed by atoms with E-state index in [0.29, 0.717) is 11.3 Å². The molecule has 2 rings (SSSR count). The van der Waals surface area contributed by atoms with E-state index in [9.17, 15) is 14.4 Å². The zero-order valence-electron chi connectivity index (χ0n) is 16.0. The van der Waals surface area contributed by atoms with Crippen molar-refractivity contribution in [1.82, 2.24) is 0 Å². The van der Waals surface area contributed by atoms with Gasteiger partial charge in [-0.1, -0.05) is 25.1 Å². The fourth-order valence-electron chi connectivity index (χ4n) is 2.75. The minimum absolute atomic E-state index is 0.0206. The second kappa shape index (κ2) is 9.64. The summed E-state index contributed by atoms with van der Waals surface area (Å²) in [6.45, 7) is 3.89. The highest BCUT2D eigenvalue weighted by Crippen LogP contribution is 2.14. The number of amides is 2. The van der Waals surface area contributed by atoms with Gasteiger partial charge in [0.1, 0.15) is 0 Å². The highest BCUT2D eigenvalue weighted by molar-refractivity contribution is 5.96. The van der Waals surface area contributed by atoms with Gasteiger partial charge in [0.15, 0.2) is 18.9 Å². The van der Waals surface area contributed by atoms with Crippen molar-refractivity contribution >= 4 is 29.0 Å². The first kappa shape index (κ1) is 20.3. The van der Waals surface area contributed by atoms with Gasteiger partial charge in [0.05, 0.1) is 7.05 Å². The van der Waals surface area contributed by atoms with Crippen molar-refractivity contribution in [3.8, 4) is 0 Å². The molecule has 0 aliphatic heterocycles. The first-order chi connectivity index (χ1) is 12.9. The van der Waals surface area contributed by atoms with Crippen molar-refractivity contribution < 1.29 is 19.3 Å². The number of anilines is 2. The molecule has 2 amide bonds. The van der Waals surface area contributed by atoms with Crippen molar-refractivity contribution in [2.45, 2.75) is 20.3 Å². The number of aryl methyl sites for hydroxylation is 1. The molecule has 0 heterocycles. The molecule has 0 radical (unpaired) electrons. The molecular weight excluding hydrogens is 342 g/mol. The molecule has 0 aliphatic rings. The number of likely N-dealkylation sites (N-methyl/N-ethyl adjacent to an activating group) is 1. The average Bonchev–Trinajstić information content (AvgIpc) is 2.62. The third-order valence-corrected chi connectivity index (χ3v) is 4.17. The summed E-state index contributed by atoms with van der Waals surface area (Å²) in [5, 5.41) is 5.69. The highest BCUT2D eigenvalue weighted by atomic mass is 16.2. The quantitative estimate of drug-likeness (QED) is 0.619. The largest absolute Gasteiger partial charge is 0.322 e. The lowest BCUT2D eigenvalue weighted by Crippen LogP contribution is -3.11. The van der Waals surface area contributed by atoms with Crippen molar-refractivity contribution in [1.29, 1.82) is 0 Å². The molecule has 2 aromatic rings. The van der Waals surface area contributed by atoms with Gasteiger partial charge in [0.2, 0.25) is 0 Å². The summed E-state index contributed by atoms with van der Waals surface area (Å²) in [6.07, 6.45) is 0.837. The van der Waals surface area contributed by atoms with Crippen LogP contribution in [-0.4, -0.2) is 37.7 Å². The van der Waals surface area contributed by atoms with Gasteiger partial charge in [0, 0.05) is 16.9 Å². The molecule has 0 aliphatic carbocycles. The molecule has 2 aromatic carbocycles. The molecular formula is C21H26N3O3+. The summed E-state index contributed by atoms with van der Waals surface area (Å²) in [4.78, 5) is 36.4. The van der Waals surface area contributed by atoms with Crippen molar-refractivity contribution in [2.24, 2.45) is 0 Å². The third-order valence-electron chi connectivity index (χ3n) is 4.17. The first-order valence-corrected chi connectivity index (χ1v) is 8.99. The first-order valence-electron chi connectivity index (χ1n) is 8.99. The zero-order valence-corrected chi connectivity index (χ0v) is 16.0. The molecule has 6 heteroatoms. The van der Waals surface area contributed by atoms with Crippen LogP contribution in [0.2, 0.25) is 0 Å².